The highest BCUT2D eigenvalue weighted by atomic mass is 32.2. The van der Waals surface area contributed by atoms with Gasteiger partial charge in [0.2, 0.25) is 0 Å². The van der Waals surface area contributed by atoms with Gasteiger partial charge in [-0.15, -0.1) is 21.5 Å². The first-order valence-corrected chi connectivity index (χ1v) is 14.0. The second-order valence-corrected chi connectivity index (χ2v) is 11.5. The van der Waals surface area contributed by atoms with E-state index < -0.39 is 0 Å². The molecule has 0 amide bonds. The molecular weight excluding hydrogens is 472 g/mol. The van der Waals surface area contributed by atoms with Crippen molar-refractivity contribution < 1.29 is 9.53 Å². The lowest BCUT2D eigenvalue weighted by atomic mass is 9.93. The number of rotatable bonds is 8. The third-order valence-electron chi connectivity index (χ3n) is 6.01. The van der Waals surface area contributed by atoms with Crippen molar-refractivity contribution in [3.63, 3.8) is 0 Å². The van der Waals surface area contributed by atoms with Crippen molar-refractivity contribution in [1.29, 1.82) is 0 Å². The Hall–Kier alpha value is -1.94. The van der Waals surface area contributed by atoms with Crippen LogP contribution in [0.3, 0.4) is 0 Å². The number of ketones is 1. The second-order valence-electron chi connectivity index (χ2n) is 8.41. The summed E-state index contributed by atoms with van der Waals surface area (Å²) in [6.45, 7) is 7.10. The Balaban J connectivity index is 1.55. The lowest BCUT2D eigenvalue weighted by molar-refractivity contribution is -0.0546. The topological polar surface area (TPSA) is 69.4 Å². The summed E-state index contributed by atoms with van der Waals surface area (Å²) >= 11 is 4.89. The fourth-order valence-electron chi connectivity index (χ4n) is 3.88. The van der Waals surface area contributed by atoms with E-state index in [0.29, 0.717) is 23.1 Å². The smallest absolute Gasteiger partial charge is 0.198 e. The third-order valence-corrected chi connectivity index (χ3v) is 9.30. The molecule has 33 heavy (non-hydrogen) atoms. The van der Waals surface area contributed by atoms with E-state index in [0.717, 1.165) is 46.0 Å². The van der Waals surface area contributed by atoms with Crippen LogP contribution in [0.2, 0.25) is 0 Å². The summed E-state index contributed by atoms with van der Waals surface area (Å²) in [5.41, 5.74) is 3.59. The number of hydrogen-bond acceptors (Lipinski definition) is 8. The molecule has 1 aliphatic heterocycles. The summed E-state index contributed by atoms with van der Waals surface area (Å²) < 4.78 is 9.32. The summed E-state index contributed by atoms with van der Waals surface area (Å²) in [6.07, 6.45) is 2.91. The summed E-state index contributed by atoms with van der Waals surface area (Å²) in [5, 5.41) is 10.6. The lowest BCUT2D eigenvalue weighted by Gasteiger charge is -2.32. The predicted molar refractivity (Wildman–Crippen MR) is 136 cm³/mol. The molecule has 4 heterocycles. The number of Topliss-reactive ketones (excluding diaryl/α,β-unsaturated/α-hetero) is 1. The molecule has 0 N–H and O–H groups in total. The van der Waals surface area contributed by atoms with Crippen LogP contribution < -0.4 is 0 Å². The summed E-state index contributed by atoms with van der Waals surface area (Å²) in [7, 11) is 0. The molecule has 0 aliphatic carbocycles. The molecule has 5 rings (SSSR count). The Morgan fingerprint density at radius 1 is 1.18 bits per heavy atom. The zero-order chi connectivity index (χ0) is 23.0. The predicted octanol–water partition coefficient (Wildman–Crippen LogP) is 6.06. The minimum absolute atomic E-state index is 0.0803. The molecule has 9 heteroatoms. The number of fused-ring (bicyclic) bond motifs is 5. The maximum absolute atomic E-state index is 12.7. The monoisotopic (exact) mass is 498 g/mol. The molecule has 4 aromatic rings. The van der Waals surface area contributed by atoms with Gasteiger partial charge in [-0.3, -0.25) is 4.79 Å². The Bertz CT molecular complexity index is 1320. The van der Waals surface area contributed by atoms with Crippen LogP contribution in [0, 0.1) is 0 Å². The molecule has 1 atom stereocenters. The van der Waals surface area contributed by atoms with E-state index in [4.69, 9.17) is 9.72 Å². The van der Waals surface area contributed by atoms with E-state index >= 15 is 0 Å². The van der Waals surface area contributed by atoms with Gasteiger partial charge in [0.05, 0.1) is 28.2 Å². The van der Waals surface area contributed by atoms with Crippen molar-refractivity contribution in [3.8, 4) is 0 Å². The van der Waals surface area contributed by atoms with Crippen LogP contribution >= 0.6 is 34.9 Å². The third kappa shape index (κ3) is 4.32. The molecule has 0 radical (unpaired) electrons. The fraction of sp³-hybridized carbons (Fsp3) is 0.417. The van der Waals surface area contributed by atoms with Gasteiger partial charge in [0.1, 0.15) is 0 Å². The number of hydrogen-bond donors (Lipinski definition) is 0. The number of nitrogens with zero attached hydrogens (tertiary/aromatic N) is 4. The average Bonchev–Trinajstić information content (AvgIpc) is 3.42. The number of thioether (sulfide) groups is 2. The van der Waals surface area contributed by atoms with E-state index in [1.807, 2.05) is 34.7 Å². The Morgan fingerprint density at radius 2 is 2.00 bits per heavy atom. The van der Waals surface area contributed by atoms with Gasteiger partial charge in [0.25, 0.3) is 0 Å². The molecule has 0 saturated carbocycles. The molecule has 172 valence electrons. The minimum Gasteiger partial charge on any atom is -0.370 e. The minimum atomic E-state index is -0.129. The SMILES string of the molecule is CCCSc1nc2c3c(sc2c2nnc(SCC(=O)c4ccccc4)n12)C[C@](C)(CC)OC3. The maximum atomic E-state index is 12.7. The van der Waals surface area contributed by atoms with Gasteiger partial charge >= 0.3 is 0 Å². The van der Waals surface area contributed by atoms with Crippen LogP contribution in [0.5, 0.6) is 0 Å². The van der Waals surface area contributed by atoms with E-state index in [9.17, 15) is 4.79 Å². The first-order chi connectivity index (χ1) is 16.0. The molecule has 0 fully saturated rings. The number of thiophene rings is 1. The number of carbonyl (C=O) groups excluding carboxylic acids is 1. The van der Waals surface area contributed by atoms with Crippen LogP contribution in [0.25, 0.3) is 15.9 Å². The lowest BCUT2D eigenvalue weighted by Crippen LogP contribution is -2.33. The van der Waals surface area contributed by atoms with Gasteiger partial charge in [-0.25, -0.2) is 9.38 Å². The zero-order valence-electron chi connectivity index (χ0n) is 19.0. The number of carbonyl (C=O) groups is 1. The normalized spacial score (nSPS) is 18.2. The van der Waals surface area contributed by atoms with Crippen molar-refractivity contribution >= 4 is 56.5 Å². The molecule has 6 nitrogen and oxygen atoms in total. The van der Waals surface area contributed by atoms with Crippen molar-refractivity contribution in [2.45, 2.75) is 62.6 Å². The van der Waals surface area contributed by atoms with Crippen LogP contribution in [0.4, 0.5) is 0 Å². The van der Waals surface area contributed by atoms with Gasteiger partial charge in [-0.2, -0.15) is 0 Å². The number of benzene rings is 1. The van der Waals surface area contributed by atoms with Crippen molar-refractivity contribution in [3.05, 3.63) is 46.3 Å². The van der Waals surface area contributed by atoms with E-state index in [-0.39, 0.29) is 11.4 Å². The number of aromatic nitrogens is 4. The van der Waals surface area contributed by atoms with E-state index in [2.05, 4.69) is 31.0 Å². The maximum Gasteiger partial charge on any atom is 0.198 e. The van der Waals surface area contributed by atoms with E-state index in [1.165, 1.54) is 22.2 Å². The highest BCUT2D eigenvalue weighted by Crippen LogP contribution is 2.42. The molecule has 1 aromatic carbocycles. The summed E-state index contributed by atoms with van der Waals surface area (Å²) in [6, 6.07) is 9.38. The Morgan fingerprint density at radius 3 is 2.76 bits per heavy atom. The molecular formula is C24H26N4O2S3. The average molecular weight is 499 g/mol. The van der Waals surface area contributed by atoms with Gasteiger partial charge in [-0.05, 0) is 19.8 Å². The second kappa shape index (κ2) is 9.37. The Kier molecular flexibility index (Phi) is 6.48. The summed E-state index contributed by atoms with van der Waals surface area (Å²) in [4.78, 5) is 19.1. The van der Waals surface area contributed by atoms with Gasteiger partial charge in [0.15, 0.2) is 21.7 Å². The summed E-state index contributed by atoms with van der Waals surface area (Å²) in [5.74, 6) is 1.34. The molecule has 0 spiro atoms. The van der Waals surface area contributed by atoms with Crippen LogP contribution in [-0.4, -0.2) is 42.5 Å². The van der Waals surface area contributed by atoms with Crippen LogP contribution in [0.1, 0.15) is 54.4 Å². The quantitative estimate of drug-likeness (QED) is 0.166. The highest BCUT2D eigenvalue weighted by Gasteiger charge is 2.33. The largest absolute Gasteiger partial charge is 0.370 e. The van der Waals surface area contributed by atoms with Crippen LogP contribution in [0.15, 0.2) is 40.6 Å². The van der Waals surface area contributed by atoms with Crippen molar-refractivity contribution in [1.82, 2.24) is 19.6 Å². The van der Waals surface area contributed by atoms with Gasteiger partial charge < -0.3 is 4.74 Å². The van der Waals surface area contributed by atoms with Crippen molar-refractivity contribution in [2.24, 2.45) is 0 Å². The van der Waals surface area contributed by atoms with Gasteiger partial charge in [-0.1, -0.05) is 67.7 Å². The zero-order valence-corrected chi connectivity index (χ0v) is 21.4. The fourth-order valence-corrected chi connectivity index (χ4v) is 7.01. The highest BCUT2D eigenvalue weighted by molar-refractivity contribution is 8.00. The van der Waals surface area contributed by atoms with Crippen molar-refractivity contribution in [2.75, 3.05) is 11.5 Å². The molecule has 0 saturated heterocycles. The molecule has 3 aromatic heterocycles. The molecule has 0 bridgehead atoms. The Labute approximate surface area is 205 Å². The number of ether oxygens (including phenoxy) is 1. The molecule has 0 unspecified atom stereocenters. The first-order valence-electron chi connectivity index (χ1n) is 11.2. The van der Waals surface area contributed by atoms with Crippen LogP contribution in [-0.2, 0) is 17.8 Å². The van der Waals surface area contributed by atoms with Gasteiger partial charge in [0, 0.05) is 28.2 Å². The van der Waals surface area contributed by atoms with E-state index in [1.54, 1.807) is 23.1 Å². The first kappa shape index (κ1) is 22.8. The molecule has 1 aliphatic rings. The standard InChI is InChI=1S/C24H26N4O2S3/c1-4-11-31-22-25-19-16-13-30-24(3,5-2)12-18(16)33-20(19)21-26-27-23(28(21)22)32-14-17(29)15-9-7-6-8-10-15/h6-10H,4-5,11-14H2,1-3H3/t24-/m0/s1.